The zero-order valence-electron chi connectivity index (χ0n) is 14.2. The third kappa shape index (κ3) is 2.92. The van der Waals surface area contributed by atoms with E-state index in [1.807, 2.05) is 6.07 Å². The van der Waals surface area contributed by atoms with Crippen molar-refractivity contribution in [1.82, 2.24) is 14.7 Å². The van der Waals surface area contributed by atoms with Crippen LogP contribution in [0.4, 0.5) is 5.69 Å². The van der Waals surface area contributed by atoms with Crippen LogP contribution in [0, 0.1) is 10.1 Å². The molecule has 1 aliphatic rings. The lowest BCUT2D eigenvalue weighted by atomic mass is 9.73. The number of piperidine rings is 1. The first-order valence-electron chi connectivity index (χ1n) is 8.11. The van der Waals surface area contributed by atoms with Gasteiger partial charge in [0.25, 0.3) is 5.91 Å². The van der Waals surface area contributed by atoms with Crippen LogP contribution < -0.4 is 0 Å². The summed E-state index contributed by atoms with van der Waals surface area (Å²) in [7, 11) is 1.50. The molecular weight excluding hydrogens is 340 g/mol. The van der Waals surface area contributed by atoms with Gasteiger partial charge in [0.15, 0.2) is 0 Å². The molecule has 0 radical (unpaired) electrons. The number of likely N-dealkylation sites (tertiary alicyclic amines) is 1. The Morgan fingerprint density at radius 2 is 1.85 bits per heavy atom. The van der Waals surface area contributed by atoms with Gasteiger partial charge in [-0.25, -0.2) is 0 Å². The monoisotopic (exact) mass is 358 g/mol. The van der Waals surface area contributed by atoms with Gasteiger partial charge < -0.3 is 10.0 Å². The van der Waals surface area contributed by atoms with Crippen LogP contribution in [0.3, 0.4) is 0 Å². The summed E-state index contributed by atoms with van der Waals surface area (Å²) in [6.45, 7) is 0.377. The van der Waals surface area contributed by atoms with E-state index in [4.69, 9.17) is 0 Å². The van der Waals surface area contributed by atoms with Crippen molar-refractivity contribution in [3.63, 3.8) is 0 Å². The SMILES string of the molecule is Cn1cc([N+](=O)[O-])c(C(=O)N2CCC(C(=O)O)(c3ccccc3)CC2)n1. The molecule has 1 aromatic heterocycles. The number of carboxylic acid groups (broad SMARTS) is 1. The van der Waals surface area contributed by atoms with Crippen molar-refractivity contribution in [1.29, 1.82) is 0 Å². The Bertz CT molecular complexity index is 853. The Hall–Kier alpha value is -3.23. The molecule has 1 N–H and O–H groups in total. The summed E-state index contributed by atoms with van der Waals surface area (Å²) in [5, 5.41) is 24.8. The fourth-order valence-corrected chi connectivity index (χ4v) is 3.39. The number of hydrogen-bond donors (Lipinski definition) is 1. The van der Waals surface area contributed by atoms with Gasteiger partial charge in [0, 0.05) is 20.1 Å². The van der Waals surface area contributed by atoms with E-state index >= 15 is 0 Å². The molecule has 26 heavy (non-hydrogen) atoms. The molecule has 0 spiro atoms. The van der Waals surface area contributed by atoms with Crippen molar-refractivity contribution in [2.75, 3.05) is 13.1 Å². The lowest BCUT2D eigenvalue weighted by Gasteiger charge is -2.38. The zero-order chi connectivity index (χ0) is 18.9. The lowest BCUT2D eigenvalue weighted by molar-refractivity contribution is -0.385. The van der Waals surface area contributed by atoms with Gasteiger partial charge in [-0.3, -0.25) is 24.4 Å². The standard InChI is InChI=1S/C17H18N4O5/c1-19-11-13(21(25)26)14(18-19)15(22)20-9-7-17(8-10-20,16(23)24)12-5-3-2-4-6-12/h2-6,11H,7-10H2,1H3,(H,23,24). The van der Waals surface area contributed by atoms with Crippen LogP contribution in [0.1, 0.15) is 28.9 Å². The third-order valence-electron chi connectivity index (χ3n) is 4.85. The van der Waals surface area contributed by atoms with Crippen molar-refractivity contribution in [3.8, 4) is 0 Å². The van der Waals surface area contributed by atoms with Crippen molar-refractivity contribution in [3.05, 3.63) is 57.9 Å². The van der Waals surface area contributed by atoms with E-state index in [2.05, 4.69) is 5.10 Å². The van der Waals surface area contributed by atoms with Gasteiger partial charge in [0.2, 0.25) is 5.69 Å². The second kappa shape index (κ2) is 6.58. The van der Waals surface area contributed by atoms with E-state index < -0.39 is 22.2 Å². The molecule has 0 aliphatic carbocycles. The van der Waals surface area contributed by atoms with E-state index in [1.165, 1.54) is 22.8 Å². The normalized spacial score (nSPS) is 16.3. The summed E-state index contributed by atoms with van der Waals surface area (Å²) >= 11 is 0. The number of carbonyl (C=O) groups excluding carboxylic acids is 1. The zero-order valence-corrected chi connectivity index (χ0v) is 14.2. The maximum atomic E-state index is 12.7. The number of carboxylic acids is 1. The first kappa shape index (κ1) is 17.6. The van der Waals surface area contributed by atoms with E-state index in [9.17, 15) is 24.8 Å². The topological polar surface area (TPSA) is 119 Å². The molecular formula is C17H18N4O5. The van der Waals surface area contributed by atoms with Gasteiger partial charge in [-0.1, -0.05) is 30.3 Å². The molecule has 136 valence electrons. The Balaban J connectivity index is 1.83. The van der Waals surface area contributed by atoms with Crippen molar-refractivity contribution in [2.24, 2.45) is 7.05 Å². The van der Waals surface area contributed by atoms with Gasteiger partial charge >= 0.3 is 11.7 Å². The highest BCUT2D eigenvalue weighted by Gasteiger charge is 2.44. The first-order valence-corrected chi connectivity index (χ1v) is 8.11. The minimum absolute atomic E-state index is 0.188. The highest BCUT2D eigenvalue weighted by atomic mass is 16.6. The quantitative estimate of drug-likeness (QED) is 0.655. The second-order valence-corrected chi connectivity index (χ2v) is 6.34. The molecule has 1 saturated heterocycles. The second-order valence-electron chi connectivity index (χ2n) is 6.34. The van der Waals surface area contributed by atoms with Crippen LogP contribution in [-0.2, 0) is 17.3 Å². The predicted molar refractivity (Wildman–Crippen MR) is 90.8 cm³/mol. The van der Waals surface area contributed by atoms with Gasteiger partial charge in [-0.2, -0.15) is 5.10 Å². The van der Waals surface area contributed by atoms with Crippen LogP contribution in [-0.4, -0.2) is 49.7 Å². The average molecular weight is 358 g/mol. The van der Waals surface area contributed by atoms with Crippen LogP contribution in [0.25, 0.3) is 0 Å². The molecule has 9 nitrogen and oxygen atoms in total. The maximum absolute atomic E-state index is 12.7. The largest absolute Gasteiger partial charge is 0.481 e. The Morgan fingerprint density at radius 3 is 2.38 bits per heavy atom. The van der Waals surface area contributed by atoms with Crippen LogP contribution in [0.2, 0.25) is 0 Å². The molecule has 9 heteroatoms. The first-order chi connectivity index (χ1) is 12.3. The molecule has 2 aromatic rings. The van der Waals surface area contributed by atoms with Gasteiger partial charge in [-0.05, 0) is 18.4 Å². The van der Waals surface area contributed by atoms with Crippen LogP contribution in [0.15, 0.2) is 36.5 Å². The van der Waals surface area contributed by atoms with Crippen LogP contribution >= 0.6 is 0 Å². The molecule has 0 bridgehead atoms. The summed E-state index contributed by atoms with van der Waals surface area (Å²) in [5.41, 5.74) is -0.937. The number of aryl methyl sites for hydroxylation is 1. The molecule has 0 atom stereocenters. The van der Waals surface area contributed by atoms with Crippen molar-refractivity contribution in [2.45, 2.75) is 18.3 Å². The van der Waals surface area contributed by atoms with Gasteiger partial charge in [-0.15, -0.1) is 0 Å². The van der Waals surface area contributed by atoms with Crippen LogP contribution in [0.5, 0.6) is 0 Å². The summed E-state index contributed by atoms with van der Waals surface area (Å²) < 4.78 is 1.22. The highest BCUT2D eigenvalue weighted by Crippen LogP contribution is 2.36. The Morgan fingerprint density at radius 1 is 1.23 bits per heavy atom. The molecule has 1 amide bonds. The van der Waals surface area contributed by atoms with E-state index in [0.717, 1.165) is 0 Å². The number of benzene rings is 1. The molecule has 1 aromatic carbocycles. The summed E-state index contributed by atoms with van der Waals surface area (Å²) in [6.07, 6.45) is 1.65. The molecule has 1 fully saturated rings. The number of rotatable bonds is 4. The molecule has 2 heterocycles. The number of aliphatic carboxylic acids is 1. The van der Waals surface area contributed by atoms with Crippen molar-refractivity contribution < 1.29 is 19.6 Å². The van der Waals surface area contributed by atoms with Gasteiger partial charge in [0.1, 0.15) is 6.20 Å². The maximum Gasteiger partial charge on any atom is 0.320 e. The summed E-state index contributed by atoms with van der Waals surface area (Å²) in [6, 6.07) is 8.94. The smallest absolute Gasteiger partial charge is 0.320 e. The number of nitro groups is 1. The minimum atomic E-state index is -1.06. The number of hydrogen-bond acceptors (Lipinski definition) is 5. The molecule has 0 saturated carbocycles. The lowest BCUT2D eigenvalue weighted by Crippen LogP contribution is -2.49. The Labute approximate surface area is 149 Å². The molecule has 0 unspecified atom stereocenters. The van der Waals surface area contributed by atoms with E-state index in [1.54, 1.807) is 24.3 Å². The third-order valence-corrected chi connectivity index (χ3v) is 4.85. The minimum Gasteiger partial charge on any atom is -0.481 e. The number of carbonyl (C=O) groups is 2. The van der Waals surface area contributed by atoms with E-state index in [-0.39, 0.29) is 37.3 Å². The fourth-order valence-electron chi connectivity index (χ4n) is 3.39. The number of amides is 1. The Kier molecular flexibility index (Phi) is 4.45. The predicted octanol–water partition coefficient (Wildman–Crippen LogP) is 1.59. The van der Waals surface area contributed by atoms with Crippen molar-refractivity contribution >= 4 is 17.6 Å². The highest BCUT2D eigenvalue weighted by molar-refractivity contribution is 5.96. The molecule has 3 rings (SSSR count). The fraction of sp³-hybridized carbons (Fsp3) is 0.353. The molecule has 1 aliphatic heterocycles. The van der Waals surface area contributed by atoms with E-state index in [0.29, 0.717) is 5.56 Å². The number of aromatic nitrogens is 2. The summed E-state index contributed by atoms with van der Waals surface area (Å²) in [5.74, 6) is -1.48. The average Bonchev–Trinajstić information content (AvgIpc) is 3.04. The summed E-state index contributed by atoms with van der Waals surface area (Å²) in [4.78, 5) is 36.5. The van der Waals surface area contributed by atoms with Gasteiger partial charge in [0.05, 0.1) is 10.3 Å². The number of nitrogens with zero attached hydrogens (tertiary/aromatic N) is 4.